The summed E-state index contributed by atoms with van der Waals surface area (Å²) in [6.45, 7) is 3.04. The van der Waals surface area contributed by atoms with Crippen LogP contribution in [0.1, 0.15) is 18.9 Å². The van der Waals surface area contributed by atoms with Gasteiger partial charge >= 0.3 is 11.7 Å². The van der Waals surface area contributed by atoms with Gasteiger partial charge in [-0.3, -0.25) is 19.8 Å². The van der Waals surface area contributed by atoms with E-state index in [1.807, 2.05) is 6.92 Å². The SMILES string of the molecule is CCCN(CC(=O)OC)Cc1ccc([N+](=O)[O-])c(F)c1. The number of ether oxygens (including phenoxy) is 1. The highest BCUT2D eigenvalue weighted by molar-refractivity contribution is 5.71. The molecule has 20 heavy (non-hydrogen) atoms. The molecule has 0 saturated carbocycles. The fourth-order valence-electron chi connectivity index (χ4n) is 1.83. The van der Waals surface area contributed by atoms with Crippen LogP contribution in [0.4, 0.5) is 10.1 Å². The van der Waals surface area contributed by atoms with Crippen LogP contribution in [0.25, 0.3) is 0 Å². The summed E-state index contributed by atoms with van der Waals surface area (Å²) in [7, 11) is 1.30. The van der Waals surface area contributed by atoms with Crippen molar-refractivity contribution in [2.75, 3.05) is 20.2 Å². The molecule has 0 saturated heterocycles. The first-order valence-electron chi connectivity index (χ1n) is 6.20. The smallest absolute Gasteiger partial charge is 0.319 e. The highest BCUT2D eigenvalue weighted by atomic mass is 19.1. The summed E-state index contributed by atoms with van der Waals surface area (Å²) in [5.74, 6) is -1.25. The molecular weight excluding hydrogens is 267 g/mol. The molecule has 0 aliphatic rings. The Hall–Kier alpha value is -2.02. The minimum absolute atomic E-state index is 0.100. The predicted molar refractivity (Wildman–Crippen MR) is 70.6 cm³/mol. The first kappa shape index (κ1) is 16.0. The summed E-state index contributed by atoms with van der Waals surface area (Å²) in [6, 6.07) is 3.74. The Bertz CT molecular complexity index is 493. The van der Waals surface area contributed by atoms with Crippen LogP contribution in [0.2, 0.25) is 0 Å². The molecule has 110 valence electrons. The molecule has 1 aromatic carbocycles. The van der Waals surface area contributed by atoms with Crippen molar-refractivity contribution in [3.05, 3.63) is 39.7 Å². The van der Waals surface area contributed by atoms with Crippen LogP contribution in [-0.2, 0) is 16.1 Å². The molecule has 0 unspecified atom stereocenters. The second-order valence-corrected chi connectivity index (χ2v) is 4.33. The first-order valence-corrected chi connectivity index (χ1v) is 6.20. The number of nitro benzene ring substituents is 1. The molecule has 6 nitrogen and oxygen atoms in total. The number of hydrogen-bond acceptors (Lipinski definition) is 5. The molecule has 0 aliphatic carbocycles. The molecule has 0 aromatic heterocycles. The summed E-state index contributed by atoms with van der Waals surface area (Å²) in [4.78, 5) is 22.8. The van der Waals surface area contributed by atoms with E-state index in [0.29, 0.717) is 18.7 Å². The zero-order chi connectivity index (χ0) is 15.1. The van der Waals surface area contributed by atoms with Crippen molar-refractivity contribution in [2.24, 2.45) is 0 Å². The molecule has 0 N–H and O–H groups in total. The highest BCUT2D eigenvalue weighted by Gasteiger charge is 2.16. The molecular formula is C13H17FN2O4. The van der Waals surface area contributed by atoms with Crippen LogP contribution >= 0.6 is 0 Å². The zero-order valence-electron chi connectivity index (χ0n) is 11.5. The van der Waals surface area contributed by atoms with Crippen LogP contribution < -0.4 is 0 Å². The van der Waals surface area contributed by atoms with E-state index in [0.717, 1.165) is 18.6 Å². The molecule has 0 bridgehead atoms. The lowest BCUT2D eigenvalue weighted by atomic mass is 10.2. The second-order valence-electron chi connectivity index (χ2n) is 4.33. The topological polar surface area (TPSA) is 72.7 Å². The number of hydrogen-bond donors (Lipinski definition) is 0. The first-order chi connectivity index (χ1) is 9.47. The van der Waals surface area contributed by atoms with E-state index in [1.165, 1.54) is 13.2 Å². The number of nitrogens with zero attached hydrogens (tertiary/aromatic N) is 2. The maximum absolute atomic E-state index is 13.5. The van der Waals surface area contributed by atoms with E-state index in [1.54, 1.807) is 4.90 Å². The Kier molecular flexibility index (Phi) is 6.05. The van der Waals surface area contributed by atoms with Crippen molar-refractivity contribution < 1.29 is 18.8 Å². The predicted octanol–water partition coefficient (Wildman–Crippen LogP) is 2.12. The monoisotopic (exact) mass is 284 g/mol. The van der Waals surface area contributed by atoms with E-state index in [4.69, 9.17) is 0 Å². The summed E-state index contributed by atoms with van der Waals surface area (Å²) >= 11 is 0. The molecule has 7 heteroatoms. The molecule has 0 spiro atoms. The van der Waals surface area contributed by atoms with Gasteiger partial charge in [0.05, 0.1) is 18.6 Å². The average molecular weight is 284 g/mol. The lowest BCUT2D eigenvalue weighted by Gasteiger charge is -2.20. The van der Waals surface area contributed by atoms with Gasteiger partial charge in [0.15, 0.2) is 0 Å². The third-order valence-corrected chi connectivity index (χ3v) is 2.74. The third-order valence-electron chi connectivity index (χ3n) is 2.74. The number of methoxy groups -OCH3 is 1. The Labute approximate surface area is 116 Å². The molecule has 1 rings (SSSR count). The fourth-order valence-corrected chi connectivity index (χ4v) is 1.83. The van der Waals surface area contributed by atoms with Crippen LogP contribution in [0.5, 0.6) is 0 Å². The Morgan fingerprint density at radius 3 is 2.70 bits per heavy atom. The van der Waals surface area contributed by atoms with E-state index in [-0.39, 0.29) is 12.5 Å². The number of rotatable bonds is 7. The normalized spacial score (nSPS) is 10.6. The van der Waals surface area contributed by atoms with Crippen LogP contribution in [-0.4, -0.2) is 36.0 Å². The standard InChI is InChI=1S/C13H17FN2O4/c1-3-6-15(9-13(17)20-2)8-10-4-5-12(16(18)19)11(14)7-10/h4-5,7H,3,6,8-9H2,1-2H3. The molecule has 0 atom stereocenters. The number of carbonyl (C=O) groups is 1. The minimum Gasteiger partial charge on any atom is -0.468 e. The Morgan fingerprint density at radius 2 is 2.20 bits per heavy atom. The number of benzene rings is 1. The maximum Gasteiger partial charge on any atom is 0.319 e. The van der Waals surface area contributed by atoms with Gasteiger partial charge in [-0.2, -0.15) is 4.39 Å². The molecule has 0 heterocycles. The van der Waals surface area contributed by atoms with E-state index >= 15 is 0 Å². The summed E-state index contributed by atoms with van der Waals surface area (Å²) in [6.07, 6.45) is 0.826. The van der Waals surface area contributed by atoms with Crippen molar-refractivity contribution in [1.29, 1.82) is 0 Å². The van der Waals surface area contributed by atoms with Crippen LogP contribution in [0.3, 0.4) is 0 Å². The van der Waals surface area contributed by atoms with E-state index in [2.05, 4.69) is 4.74 Å². The van der Waals surface area contributed by atoms with Gasteiger partial charge in [0.1, 0.15) is 0 Å². The Morgan fingerprint density at radius 1 is 1.50 bits per heavy atom. The van der Waals surface area contributed by atoms with E-state index < -0.39 is 16.4 Å². The van der Waals surface area contributed by atoms with Gasteiger partial charge in [0.25, 0.3) is 0 Å². The molecule has 0 aliphatic heterocycles. The lowest BCUT2D eigenvalue weighted by molar-refractivity contribution is -0.387. The van der Waals surface area contributed by atoms with Gasteiger partial charge in [-0.1, -0.05) is 13.0 Å². The average Bonchev–Trinajstić information content (AvgIpc) is 2.38. The van der Waals surface area contributed by atoms with Gasteiger partial charge in [0, 0.05) is 12.6 Å². The fraction of sp³-hybridized carbons (Fsp3) is 0.462. The lowest BCUT2D eigenvalue weighted by Crippen LogP contribution is -2.30. The summed E-state index contributed by atoms with van der Waals surface area (Å²) in [5, 5.41) is 10.5. The number of carbonyl (C=O) groups excluding carboxylic acids is 1. The van der Waals surface area contributed by atoms with Crippen LogP contribution in [0, 0.1) is 15.9 Å². The number of nitro groups is 1. The summed E-state index contributed by atoms with van der Waals surface area (Å²) in [5.41, 5.74) is 0.0224. The second kappa shape index (κ2) is 7.54. The maximum atomic E-state index is 13.5. The molecule has 0 fully saturated rings. The zero-order valence-corrected chi connectivity index (χ0v) is 11.5. The Balaban J connectivity index is 2.80. The van der Waals surface area contributed by atoms with Crippen molar-refractivity contribution >= 4 is 11.7 Å². The number of esters is 1. The quantitative estimate of drug-likeness (QED) is 0.435. The van der Waals surface area contributed by atoms with E-state index in [9.17, 15) is 19.3 Å². The largest absolute Gasteiger partial charge is 0.468 e. The molecule has 0 radical (unpaired) electrons. The van der Waals surface area contributed by atoms with Crippen molar-refractivity contribution in [3.63, 3.8) is 0 Å². The van der Waals surface area contributed by atoms with Crippen molar-refractivity contribution in [3.8, 4) is 0 Å². The summed E-state index contributed by atoms with van der Waals surface area (Å²) < 4.78 is 18.1. The van der Waals surface area contributed by atoms with Gasteiger partial charge in [0.2, 0.25) is 5.82 Å². The van der Waals surface area contributed by atoms with Gasteiger partial charge < -0.3 is 4.74 Å². The third kappa shape index (κ3) is 4.58. The van der Waals surface area contributed by atoms with Gasteiger partial charge in [-0.15, -0.1) is 0 Å². The number of halogens is 1. The van der Waals surface area contributed by atoms with Crippen LogP contribution in [0.15, 0.2) is 18.2 Å². The molecule has 0 amide bonds. The van der Waals surface area contributed by atoms with Crippen molar-refractivity contribution in [2.45, 2.75) is 19.9 Å². The van der Waals surface area contributed by atoms with Crippen molar-refractivity contribution in [1.82, 2.24) is 4.90 Å². The van der Waals surface area contributed by atoms with Gasteiger partial charge in [-0.05, 0) is 24.6 Å². The van der Waals surface area contributed by atoms with Gasteiger partial charge in [-0.25, -0.2) is 0 Å². The minimum atomic E-state index is -0.873. The molecule has 1 aromatic rings. The highest BCUT2D eigenvalue weighted by Crippen LogP contribution is 2.19.